The van der Waals surface area contributed by atoms with Gasteiger partial charge in [-0.1, -0.05) is 25.6 Å². The van der Waals surface area contributed by atoms with Gasteiger partial charge >= 0.3 is 6.03 Å². The summed E-state index contributed by atoms with van der Waals surface area (Å²) < 4.78 is 1.98. The van der Waals surface area contributed by atoms with Crippen molar-refractivity contribution in [2.45, 2.75) is 62.9 Å². The highest BCUT2D eigenvalue weighted by molar-refractivity contribution is 8.00. The third-order valence-electron chi connectivity index (χ3n) is 3.80. The maximum Gasteiger partial charge on any atom is 0.321 e. The Morgan fingerprint density at radius 1 is 1.27 bits per heavy atom. The number of thioether (sulfide) groups is 1. The number of hydrogen-bond acceptors (Lipinski definition) is 6. The standard InChI is InChI=1S/C16H26N6O3S/c1-9(2)8-18-15(25)19-14(24)10(3)26-16-21-20-13(7-6-12(17)23)22(16)11-4-5-11/h9-11H,4-8H2,1-3H3,(H2,17,23)(H2,18,19,24,25)/t10-/m0/s1. The van der Waals surface area contributed by atoms with Gasteiger partial charge in [0.05, 0.1) is 5.25 Å². The minimum atomic E-state index is -0.509. The van der Waals surface area contributed by atoms with Crippen molar-refractivity contribution < 1.29 is 14.4 Å². The van der Waals surface area contributed by atoms with Crippen LogP contribution in [0.5, 0.6) is 0 Å². The van der Waals surface area contributed by atoms with Crippen LogP contribution < -0.4 is 16.4 Å². The Hall–Kier alpha value is -2.10. The van der Waals surface area contributed by atoms with Crippen LogP contribution in [0.1, 0.15) is 51.9 Å². The van der Waals surface area contributed by atoms with Gasteiger partial charge in [-0.25, -0.2) is 4.79 Å². The lowest BCUT2D eigenvalue weighted by Crippen LogP contribution is -2.43. The van der Waals surface area contributed by atoms with Gasteiger partial charge < -0.3 is 15.6 Å². The lowest BCUT2D eigenvalue weighted by Gasteiger charge is -2.13. The first-order chi connectivity index (χ1) is 12.3. The summed E-state index contributed by atoms with van der Waals surface area (Å²) in [5.74, 6) is 0.236. The number of imide groups is 1. The molecule has 0 spiro atoms. The van der Waals surface area contributed by atoms with Gasteiger partial charge in [0.25, 0.3) is 0 Å². The number of rotatable bonds is 9. The van der Waals surface area contributed by atoms with Crippen molar-refractivity contribution in [3.05, 3.63) is 5.82 Å². The SMILES string of the molecule is CC(C)CNC(=O)NC(=O)[C@H](C)Sc1nnc(CCC(N)=O)n1C1CC1. The number of carbonyl (C=O) groups excluding carboxylic acids is 3. The number of aromatic nitrogens is 3. The van der Waals surface area contributed by atoms with Gasteiger partial charge in [-0.3, -0.25) is 14.9 Å². The van der Waals surface area contributed by atoms with E-state index in [1.165, 1.54) is 11.8 Å². The van der Waals surface area contributed by atoms with E-state index in [4.69, 9.17) is 5.73 Å². The highest BCUT2D eigenvalue weighted by atomic mass is 32.2. The van der Waals surface area contributed by atoms with Crippen LogP contribution >= 0.6 is 11.8 Å². The van der Waals surface area contributed by atoms with Crippen LogP contribution in [0.3, 0.4) is 0 Å². The number of hydrogen-bond donors (Lipinski definition) is 3. The molecule has 1 saturated carbocycles. The van der Waals surface area contributed by atoms with Crippen LogP contribution in [0.15, 0.2) is 5.16 Å². The summed E-state index contributed by atoms with van der Waals surface area (Å²) in [5.41, 5.74) is 5.21. The van der Waals surface area contributed by atoms with Gasteiger partial charge in [0.1, 0.15) is 5.82 Å². The van der Waals surface area contributed by atoms with Crippen molar-refractivity contribution in [1.82, 2.24) is 25.4 Å². The lowest BCUT2D eigenvalue weighted by molar-refractivity contribution is -0.119. The molecule has 4 amide bonds. The van der Waals surface area contributed by atoms with Gasteiger partial charge in [-0.05, 0) is 25.7 Å². The Morgan fingerprint density at radius 2 is 1.96 bits per heavy atom. The number of nitrogens with two attached hydrogens (primary N) is 1. The van der Waals surface area contributed by atoms with Crippen LogP contribution in [-0.2, 0) is 16.0 Å². The number of carbonyl (C=O) groups is 3. The second-order valence-electron chi connectivity index (χ2n) is 6.82. The van der Waals surface area contributed by atoms with E-state index in [0.717, 1.165) is 12.8 Å². The summed E-state index contributed by atoms with van der Waals surface area (Å²) in [7, 11) is 0. The number of urea groups is 1. The molecule has 0 radical (unpaired) electrons. The molecule has 26 heavy (non-hydrogen) atoms. The summed E-state index contributed by atoms with van der Waals surface area (Å²) in [6.07, 6.45) is 2.68. The van der Waals surface area contributed by atoms with E-state index in [-0.39, 0.29) is 18.2 Å². The highest BCUT2D eigenvalue weighted by Gasteiger charge is 2.31. The molecule has 2 rings (SSSR count). The Kier molecular flexibility index (Phi) is 7.01. The van der Waals surface area contributed by atoms with E-state index in [9.17, 15) is 14.4 Å². The van der Waals surface area contributed by atoms with Crippen molar-refractivity contribution in [2.75, 3.05) is 6.54 Å². The van der Waals surface area contributed by atoms with Crippen LogP contribution in [0, 0.1) is 5.92 Å². The average Bonchev–Trinajstić information content (AvgIpc) is 3.32. The van der Waals surface area contributed by atoms with Crippen LogP contribution in [0.25, 0.3) is 0 Å². The van der Waals surface area contributed by atoms with Crippen molar-refractivity contribution in [3.8, 4) is 0 Å². The molecule has 4 N–H and O–H groups in total. The number of amides is 4. The molecular formula is C16H26N6O3S. The van der Waals surface area contributed by atoms with Gasteiger partial charge in [-0.15, -0.1) is 10.2 Å². The van der Waals surface area contributed by atoms with E-state index in [1.807, 2.05) is 18.4 Å². The van der Waals surface area contributed by atoms with Gasteiger partial charge in [0.15, 0.2) is 5.16 Å². The van der Waals surface area contributed by atoms with E-state index in [0.29, 0.717) is 35.9 Å². The molecule has 1 aromatic heterocycles. The minimum Gasteiger partial charge on any atom is -0.370 e. The van der Waals surface area contributed by atoms with Crippen molar-refractivity contribution in [3.63, 3.8) is 0 Å². The third kappa shape index (κ3) is 6.01. The predicted octanol–water partition coefficient (Wildman–Crippen LogP) is 0.993. The molecule has 1 aliphatic carbocycles. The fourth-order valence-electron chi connectivity index (χ4n) is 2.26. The zero-order valence-electron chi connectivity index (χ0n) is 15.3. The second kappa shape index (κ2) is 9.02. The smallest absolute Gasteiger partial charge is 0.321 e. The van der Waals surface area contributed by atoms with Crippen LogP contribution in [-0.4, -0.2) is 44.4 Å². The lowest BCUT2D eigenvalue weighted by atomic mass is 10.2. The maximum absolute atomic E-state index is 12.2. The average molecular weight is 382 g/mol. The van der Waals surface area contributed by atoms with Gasteiger partial charge in [0, 0.05) is 25.4 Å². The van der Waals surface area contributed by atoms with E-state index >= 15 is 0 Å². The Morgan fingerprint density at radius 3 is 2.54 bits per heavy atom. The molecular weight excluding hydrogens is 356 g/mol. The molecule has 144 valence electrons. The molecule has 0 aliphatic heterocycles. The largest absolute Gasteiger partial charge is 0.370 e. The zero-order chi connectivity index (χ0) is 19.3. The molecule has 1 fully saturated rings. The van der Waals surface area contributed by atoms with Gasteiger partial charge in [0.2, 0.25) is 11.8 Å². The normalized spacial score (nSPS) is 14.9. The molecule has 1 aliphatic rings. The van der Waals surface area contributed by atoms with Crippen LogP contribution in [0.4, 0.5) is 4.79 Å². The predicted molar refractivity (Wildman–Crippen MR) is 97.5 cm³/mol. The number of primary amides is 1. The summed E-state index contributed by atoms with van der Waals surface area (Å²) in [6.45, 7) is 6.16. The maximum atomic E-state index is 12.2. The van der Waals surface area contributed by atoms with Crippen molar-refractivity contribution in [2.24, 2.45) is 11.7 Å². The Labute approximate surface area is 156 Å². The molecule has 10 heteroatoms. The number of nitrogens with zero attached hydrogens (tertiary/aromatic N) is 3. The molecule has 1 heterocycles. The third-order valence-corrected chi connectivity index (χ3v) is 4.86. The summed E-state index contributed by atoms with van der Waals surface area (Å²) >= 11 is 1.25. The highest BCUT2D eigenvalue weighted by Crippen LogP contribution is 2.39. The van der Waals surface area contributed by atoms with E-state index < -0.39 is 11.3 Å². The fourth-order valence-corrected chi connectivity index (χ4v) is 3.20. The fraction of sp³-hybridized carbons (Fsp3) is 0.688. The van der Waals surface area contributed by atoms with E-state index in [1.54, 1.807) is 6.92 Å². The molecule has 0 saturated heterocycles. The number of aryl methyl sites for hydroxylation is 1. The summed E-state index contributed by atoms with van der Waals surface area (Å²) in [4.78, 5) is 34.9. The van der Waals surface area contributed by atoms with E-state index in [2.05, 4.69) is 20.8 Å². The van der Waals surface area contributed by atoms with Crippen LogP contribution in [0.2, 0.25) is 0 Å². The first kappa shape index (κ1) is 20.2. The van der Waals surface area contributed by atoms with Gasteiger partial charge in [-0.2, -0.15) is 0 Å². The zero-order valence-corrected chi connectivity index (χ0v) is 16.1. The van der Waals surface area contributed by atoms with Crippen molar-refractivity contribution >= 4 is 29.6 Å². The number of nitrogens with one attached hydrogen (secondary N) is 2. The Balaban J connectivity index is 1.95. The quantitative estimate of drug-likeness (QED) is 0.546. The molecule has 1 atom stereocenters. The molecule has 0 bridgehead atoms. The Bertz CT molecular complexity index is 671. The summed E-state index contributed by atoms with van der Waals surface area (Å²) in [5, 5.41) is 13.4. The monoisotopic (exact) mass is 382 g/mol. The summed E-state index contributed by atoms with van der Waals surface area (Å²) in [6, 6.07) is -0.193. The van der Waals surface area contributed by atoms with Crippen molar-refractivity contribution in [1.29, 1.82) is 0 Å². The topological polar surface area (TPSA) is 132 Å². The first-order valence-electron chi connectivity index (χ1n) is 8.75. The molecule has 9 nitrogen and oxygen atoms in total. The molecule has 0 aromatic carbocycles. The molecule has 1 aromatic rings. The molecule has 0 unspecified atom stereocenters. The first-order valence-corrected chi connectivity index (χ1v) is 9.63. The minimum absolute atomic E-state index is 0.210. The second-order valence-corrected chi connectivity index (χ2v) is 8.13.